The monoisotopic (exact) mass is 371 g/mol. The van der Waals surface area contributed by atoms with E-state index >= 15 is 0 Å². The second-order valence-electron chi connectivity index (χ2n) is 6.46. The molecule has 0 atom stereocenters. The van der Waals surface area contributed by atoms with Crippen LogP contribution in [0, 0.1) is 6.92 Å². The number of hydrogen-bond donors (Lipinski definition) is 2. The third-order valence-electron chi connectivity index (χ3n) is 4.51. The summed E-state index contributed by atoms with van der Waals surface area (Å²) < 4.78 is 5.04. The van der Waals surface area contributed by atoms with Gasteiger partial charge in [0.15, 0.2) is 11.5 Å². The molecule has 6 heteroatoms. The van der Waals surface area contributed by atoms with Crippen molar-refractivity contribution in [2.75, 3.05) is 38.7 Å². The number of ether oxygens (including phenoxy) is 1. The van der Waals surface area contributed by atoms with Crippen molar-refractivity contribution in [3.63, 3.8) is 0 Å². The fourth-order valence-electron chi connectivity index (χ4n) is 2.98. The van der Waals surface area contributed by atoms with Gasteiger partial charge in [-0.3, -0.25) is 0 Å². The number of amides is 2. The second kappa shape index (κ2) is 9.71. The van der Waals surface area contributed by atoms with Crippen molar-refractivity contribution >= 4 is 11.7 Å². The zero-order chi connectivity index (χ0) is 19.8. The van der Waals surface area contributed by atoms with Gasteiger partial charge in [0.05, 0.1) is 7.11 Å². The van der Waals surface area contributed by atoms with Crippen LogP contribution in [-0.2, 0) is 6.54 Å². The molecule has 0 bridgehead atoms. The van der Waals surface area contributed by atoms with Crippen LogP contribution < -0.4 is 15.0 Å². The first-order valence-electron chi connectivity index (χ1n) is 9.11. The van der Waals surface area contributed by atoms with Crippen LogP contribution in [0.1, 0.15) is 18.1 Å². The summed E-state index contributed by atoms with van der Waals surface area (Å²) in [6, 6.07) is 13.2. The number of benzene rings is 2. The van der Waals surface area contributed by atoms with Gasteiger partial charge in [-0.1, -0.05) is 24.3 Å². The van der Waals surface area contributed by atoms with Gasteiger partial charge in [0.2, 0.25) is 0 Å². The van der Waals surface area contributed by atoms with E-state index in [-0.39, 0.29) is 11.8 Å². The molecule has 27 heavy (non-hydrogen) atoms. The minimum Gasteiger partial charge on any atom is -0.504 e. The highest BCUT2D eigenvalue weighted by Gasteiger charge is 2.12. The molecule has 0 radical (unpaired) electrons. The Bertz CT molecular complexity index is 764. The molecule has 2 aromatic rings. The Hall–Kier alpha value is -2.89. The Kier molecular flexibility index (Phi) is 7.34. The van der Waals surface area contributed by atoms with E-state index in [0.29, 0.717) is 18.8 Å². The van der Waals surface area contributed by atoms with Gasteiger partial charge in [-0.25, -0.2) is 4.79 Å². The van der Waals surface area contributed by atoms with Crippen LogP contribution in [0.4, 0.5) is 10.5 Å². The Balaban J connectivity index is 1.85. The summed E-state index contributed by atoms with van der Waals surface area (Å²) in [5.41, 5.74) is 3.25. The zero-order valence-corrected chi connectivity index (χ0v) is 16.5. The summed E-state index contributed by atoms with van der Waals surface area (Å²) >= 11 is 0. The molecule has 2 N–H and O–H groups in total. The molecular weight excluding hydrogens is 342 g/mol. The highest BCUT2D eigenvalue weighted by atomic mass is 16.5. The van der Waals surface area contributed by atoms with Crippen LogP contribution in [0.3, 0.4) is 0 Å². The number of methoxy groups -OCH3 is 1. The van der Waals surface area contributed by atoms with E-state index in [1.807, 2.05) is 18.2 Å². The van der Waals surface area contributed by atoms with Crippen molar-refractivity contribution in [1.82, 2.24) is 10.2 Å². The number of anilines is 1. The maximum absolute atomic E-state index is 12.3. The number of nitrogens with zero attached hydrogens (tertiary/aromatic N) is 2. The summed E-state index contributed by atoms with van der Waals surface area (Å²) in [7, 11) is 3.24. The normalized spacial score (nSPS) is 10.4. The average Bonchev–Trinajstić information content (AvgIpc) is 2.66. The molecule has 0 fully saturated rings. The van der Waals surface area contributed by atoms with Crippen LogP contribution in [0.25, 0.3) is 0 Å². The van der Waals surface area contributed by atoms with E-state index in [9.17, 15) is 9.90 Å². The van der Waals surface area contributed by atoms with Gasteiger partial charge in [-0.2, -0.15) is 0 Å². The van der Waals surface area contributed by atoms with E-state index in [4.69, 9.17) is 4.74 Å². The molecule has 0 saturated heterocycles. The predicted octanol–water partition coefficient (Wildman–Crippen LogP) is 3.38. The smallest absolute Gasteiger partial charge is 0.317 e. The van der Waals surface area contributed by atoms with E-state index in [1.165, 1.54) is 18.4 Å². The van der Waals surface area contributed by atoms with Gasteiger partial charge in [0.25, 0.3) is 0 Å². The number of nitrogens with one attached hydrogen (secondary N) is 1. The molecule has 0 aliphatic heterocycles. The fraction of sp³-hybridized carbons (Fsp3) is 0.381. The van der Waals surface area contributed by atoms with Gasteiger partial charge in [-0.05, 0) is 43.2 Å². The highest BCUT2D eigenvalue weighted by Crippen LogP contribution is 2.26. The van der Waals surface area contributed by atoms with Crippen molar-refractivity contribution in [1.29, 1.82) is 0 Å². The van der Waals surface area contributed by atoms with Crippen LogP contribution in [0.5, 0.6) is 11.5 Å². The summed E-state index contributed by atoms with van der Waals surface area (Å²) in [6.45, 7) is 6.77. The fourth-order valence-corrected chi connectivity index (χ4v) is 2.98. The lowest BCUT2D eigenvalue weighted by Gasteiger charge is -2.26. The Morgan fingerprint density at radius 2 is 1.96 bits per heavy atom. The molecule has 2 amide bonds. The van der Waals surface area contributed by atoms with Crippen LogP contribution >= 0.6 is 0 Å². The number of phenols is 1. The first-order chi connectivity index (χ1) is 13.0. The van der Waals surface area contributed by atoms with Crippen molar-refractivity contribution in [2.45, 2.75) is 20.4 Å². The SMILES string of the molecule is CCN(CCNC(=O)N(C)Cc1ccc(OC)c(O)c1)c1ccccc1C. The summed E-state index contributed by atoms with van der Waals surface area (Å²) in [5, 5.41) is 12.8. The zero-order valence-electron chi connectivity index (χ0n) is 16.5. The first-order valence-corrected chi connectivity index (χ1v) is 9.11. The van der Waals surface area contributed by atoms with Crippen molar-refractivity contribution < 1.29 is 14.6 Å². The van der Waals surface area contributed by atoms with Crippen LogP contribution in [-0.4, -0.2) is 49.8 Å². The number of likely N-dealkylation sites (N-methyl/N-ethyl adjacent to an activating group) is 1. The Labute approximate surface area is 161 Å². The predicted molar refractivity (Wildman–Crippen MR) is 109 cm³/mol. The minimum absolute atomic E-state index is 0.0700. The molecule has 0 aliphatic carbocycles. The number of para-hydroxylation sites is 1. The third kappa shape index (κ3) is 5.54. The third-order valence-corrected chi connectivity index (χ3v) is 4.51. The van der Waals surface area contributed by atoms with Crippen molar-refractivity contribution in [3.05, 3.63) is 53.6 Å². The number of rotatable bonds is 8. The molecule has 2 rings (SSSR count). The standard InChI is InChI=1S/C21H29N3O3/c1-5-24(18-9-7-6-8-16(18)2)13-12-22-21(26)23(3)15-17-10-11-20(27-4)19(25)14-17/h6-11,14,25H,5,12-13,15H2,1-4H3,(H,22,26). The number of aryl methyl sites for hydroxylation is 1. The lowest BCUT2D eigenvalue weighted by molar-refractivity contribution is 0.207. The number of carbonyl (C=O) groups is 1. The molecule has 0 unspecified atom stereocenters. The molecule has 6 nitrogen and oxygen atoms in total. The number of phenolic OH excluding ortho intramolecular Hbond substituents is 1. The number of hydrogen-bond acceptors (Lipinski definition) is 4. The van der Waals surface area contributed by atoms with Crippen LogP contribution in [0.2, 0.25) is 0 Å². The lowest BCUT2D eigenvalue weighted by atomic mass is 10.2. The second-order valence-corrected chi connectivity index (χ2v) is 6.46. The molecular formula is C21H29N3O3. The molecule has 0 spiro atoms. The topological polar surface area (TPSA) is 65.0 Å². The number of carbonyl (C=O) groups excluding carboxylic acids is 1. The summed E-state index contributed by atoms with van der Waals surface area (Å²) in [4.78, 5) is 16.2. The number of aromatic hydroxyl groups is 1. The van der Waals surface area contributed by atoms with E-state index in [0.717, 1.165) is 18.7 Å². The lowest BCUT2D eigenvalue weighted by Crippen LogP contribution is -2.41. The van der Waals surface area contributed by atoms with Crippen molar-refractivity contribution in [3.8, 4) is 11.5 Å². The Morgan fingerprint density at radius 1 is 1.22 bits per heavy atom. The first kappa shape index (κ1) is 20.4. The van der Waals surface area contributed by atoms with Gasteiger partial charge >= 0.3 is 6.03 Å². The highest BCUT2D eigenvalue weighted by molar-refractivity contribution is 5.74. The quantitative estimate of drug-likeness (QED) is 0.747. The van der Waals surface area contributed by atoms with E-state index < -0.39 is 0 Å². The molecule has 0 saturated carbocycles. The van der Waals surface area contributed by atoms with Gasteiger partial charge in [-0.15, -0.1) is 0 Å². The summed E-state index contributed by atoms with van der Waals surface area (Å²) in [5.74, 6) is 0.488. The van der Waals surface area contributed by atoms with Gasteiger partial charge < -0.3 is 25.0 Å². The molecule has 0 heterocycles. The average molecular weight is 371 g/mol. The van der Waals surface area contributed by atoms with Crippen molar-refractivity contribution in [2.24, 2.45) is 0 Å². The molecule has 0 aliphatic rings. The number of urea groups is 1. The van der Waals surface area contributed by atoms with Crippen LogP contribution in [0.15, 0.2) is 42.5 Å². The Morgan fingerprint density at radius 3 is 2.59 bits per heavy atom. The van der Waals surface area contributed by atoms with Gasteiger partial charge in [0.1, 0.15) is 0 Å². The maximum Gasteiger partial charge on any atom is 0.317 e. The van der Waals surface area contributed by atoms with E-state index in [1.54, 1.807) is 24.1 Å². The van der Waals surface area contributed by atoms with Gasteiger partial charge in [0, 0.05) is 38.9 Å². The maximum atomic E-state index is 12.3. The molecule has 146 valence electrons. The molecule has 2 aromatic carbocycles. The largest absolute Gasteiger partial charge is 0.504 e. The minimum atomic E-state index is -0.147. The summed E-state index contributed by atoms with van der Waals surface area (Å²) in [6.07, 6.45) is 0. The molecule has 0 aromatic heterocycles. The van der Waals surface area contributed by atoms with E-state index in [2.05, 4.69) is 36.2 Å².